The zero-order chi connectivity index (χ0) is 21.9. The van der Waals surface area contributed by atoms with Gasteiger partial charge in [-0.15, -0.1) is 11.3 Å². The Kier molecular flexibility index (Phi) is 7.09. The minimum Gasteiger partial charge on any atom is -0.493 e. The van der Waals surface area contributed by atoms with E-state index in [9.17, 15) is 4.79 Å². The number of nitrogens with zero attached hydrogens (tertiary/aromatic N) is 2. The smallest absolute Gasteiger partial charge is 0.246 e. The van der Waals surface area contributed by atoms with E-state index in [0.717, 1.165) is 37.2 Å². The Morgan fingerprint density at radius 1 is 1.23 bits per heavy atom. The maximum absolute atomic E-state index is 12.7. The molecule has 1 aliphatic rings. The fourth-order valence-electron chi connectivity index (χ4n) is 3.47. The second kappa shape index (κ2) is 9.40. The molecule has 1 saturated heterocycles. The van der Waals surface area contributed by atoms with Crippen molar-refractivity contribution in [1.29, 1.82) is 0 Å². The first-order chi connectivity index (χ1) is 14.2. The van der Waals surface area contributed by atoms with E-state index in [1.54, 1.807) is 43.8 Å². The Labute approximate surface area is 187 Å². The fourth-order valence-corrected chi connectivity index (χ4v) is 4.98. The molecule has 0 unspecified atom stereocenters. The van der Waals surface area contributed by atoms with Crippen molar-refractivity contribution in [2.75, 3.05) is 27.3 Å². The number of benzene rings is 1. The number of ether oxygens (including phenoxy) is 2. The quantitative estimate of drug-likeness (QED) is 0.564. The summed E-state index contributed by atoms with van der Waals surface area (Å²) in [6, 6.07) is 3.59. The molecule has 1 aromatic carbocycles. The van der Waals surface area contributed by atoms with Crippen LogP contribution in [-0.2, 0) is 10.2 Å². The van der Waals surface area contributed by atoms with E-state index in [4.69, 9.17) is 26.1 Å². The van der Waals surface area contributed by atoms with Crippen molar-refractivity contribution in [1.82, 2.24) is 9.88 Å². The van der Waals surface area contributed by atoms with Crippen molar-refractivity contribution in [3.63, 3.8) is 0 Å². The lowest BCUT2D eigenvalue weighted by molar-refractivity contribution is -0.126. The lowest BCUT2D eigenvalue weighted by atomic mass is 9.93. The third-order valence-corrected chi connectivity index (χ3v) is 6.76. The number of piperidine rings is 1. The van der Waals surface area contributed by atoms with E-state index < -0.39 is 0 Å². The van der Waals surface area contributed by atoms with Gasteiger partial charge in [-0.05, 0) is 36.6 Å². The molecule has 162 valence electrons. The Morgan fingerprint density at radius 2 is 1.93 bits per heavy atom. The van der Waals surface area contributed by atoms with E-state index in [2.05, 4.69) is 26.2 Å². The van der Waals surface area contributed by atoms with E-state index >= 15 is 0 Å². The van der Waals surface area contributed by atoms with Gasteiger partial charge in [-0.2, -0.15) is 0 Å². The molecule has 1 amide bonds. The molecule has 0 aliphatic carbocycles. The highest BCUT2D eigenvalue weighted by molar-refractivity contribution is 7.09. The average molecular weight is 449 g/mol. The van der Waals surface area contributed by atoms with Crippen LogP contribution in [0.5, 0.6) is 11.5 Å². The summed E-state index contributed by atoms with van der Waals surface area (Å²) in [6.07, 6.45) is 5.19. The van der Waals surface area contributed by atoms with E-state index in [1.165, 1.54) is 5.01 Å². The molecule has 2 aromatic rings. The number of amides is 1. The van der Waals surface area contributed by atoms with Crippen LogP contribution in [-0.4, -0.2) is 43.1 Å². The van der Waals surface area contributed by atoms with Gasteiger partial charge >= 0.3 is 0 Å². The minimum absolute atomic E-state index is 0.00572. The van der Waals surface area contributed by atoms with Crippen LogP contribution >= 0.6 is 22.9 Å². The predicted octanol–water partition coefficient (Wildman–Crippen LogP) is 5.53. The third kappa shape index (κ3) is 4.98. The molecule has 1 fully saturated rings. The topological polar surface area (TPSA) is 51.7 Å². The SMILES string of the molecule is COc1ccc(C=CC(=O)N2CCC(c3nc(C(C)(C)C)cs3)CC2)c(Cl)c1OC. The summed E-state index contributed by atoms with van der Waals surface area (Å²) in [5.41, 5.74) is 1.94. The van der Waals surface area contributed by atoms with Gasteiger partial charge in [0.15, 0.2) is 11.5 Å². The second-order valence-corrected chi connectivity index (χ2v) is 9.73. The molecule has 1 aromatic heterocycles. The van der Waals surface area contributed by atoms with Crippen LogP contribution in [0.4, 0.5) is 0 Å². The summed E-state index contributed by atoms with van der Waals surface area (Å²) in [4.78, 5) is 19.4. The normalized spacial score (nSPS) is 15.6. The molecule has 0 spiro atoms. The van der Waals surface area contributed by atoms with Gasteiger partial charge in [0.1, 0.15) is 0 Å². The van der Waals surface area contributed by atoms with Crippen LogP contribution in [0.2, 0.25) is 5.02 Å². The van der Waals surface area contributed by atoms with Gasteiger partial charge in [0.05, 0.1) is 29.9 Å². The van der Waals surface area contributed by atoms with Crippen molar-refractivity contribution < 1.29 is 14.3 Å². The monoisotopic (exact) mass is 448 g/mol. The molecular formula is C23H29ClN2O3S. The van der Waals surface area contributed by atoms with Gasteiger partial charge in [-0.3, -0.25) is 4.79 Å². The zero-order valence-corrected chi connectivity index (χ0v) is 19.8. The number of likely N-dealkylation sites (tertiary alicyclic amines) is 1. The number of halogens is 1. The molecule has 0 radical (unpaired) electrons. The molecule has 5 nitrogen and oxygen atoms in total. The largest absolute Gasteiger partial charge is 0.493 e. The maximum atomic E-state index is 12.7. The Balaban J connectivity index is 1.61. The molecule has 30 heavy (non-hydrogen) atoms. The minimum atomic E-state index is -0.00572. The number of thiazole rings is 1. The third-order valence-electron chi connectivity index (χ3n) is 5.37. The summed E-state index contributed by atoms with van der Waals surface area (Å²) < 4.78 is 10.6. The highest BCUT2D eigenvalue weighted by atomic mass is 35.5. The lowest BCUT2D eigenvalue weighted by Crippen LogP contribution is -2.36. The summed E-state index contributed by atoms with van der Waals surface area (Å²) >= 11 is 8.14. The number of rotatable bonds is 5. The molecule has 1 aliphatic heterocycles. The van der Waals surface area contributed by atoms with Crippen molar-refractivity contribution in [2.45, 2.75) is 44.9 Å². The molecule has 0 atom stereocenters. The van der Waals surface area contributed by atoms with Crippen LogP contribution in [0.25, 0.3) is 6.08 Å². The van der Waals surface area contributed by atoms with Crippen molar-refractivity contribution in [2.24, 2.45) is 0 Å². The number of methoxy groups -OCH3 is 2. The van der Waals surface area contributed by atoms with Gasteiger partial charge in [0, 0.05) is 35.9 Å². The van der Waals surface area contributed by atoms with Crippen LogP contribution in [0.15, 0.2) is 23.6 Å². The molecule has 7 heteroatoms. The maximum Gasteiger partial charge on any atom is 0.246 e. The fraction of sp³-hybridized carbons (Fsp3) is 0.478. The highest BCUT2D eigenvalue weighted by Crippen LogP contribution is 2.38. The van der Waals surface area contributed by atoms with Gasteiger partial charge in [0.25, 0.3) is 0 Å². The summed E-state index contributed by atoms with van der Waals surface area (Å²) in [5, 5.41) is 3.79. The summed E-state index contributed by atoms with van der Waals surface area (Å²) in [7, 11) is 3.10. The molecule has 0 bridgehead atoms. The highest BCUT2D eigenvalue weighted by Gasteiger charge is 2.26. The Bertz CT molecular complexity index is 925. The molecule has 0 saturated carbocycles. The van der Waals surface area contributed by atoms with Crippen LogP contribution in [0, 0.1) is 0 Å². The Morgan fingerprint density at radius 3 is 2.50 bits per heavy atom. The first-order valence-electron chi connectivity index (χ1n) is 10.1. The van der Waals surface area contributed by atoms with E-state index in [1.807, 2.05) is 11.0 Å². The standard InChI is InChI=1S/C23H29ClN2O3S/c1-23(2,3)18-14-30-22(25-18)16-10-12-26(13-11-16)19(27)9-7-15-6-8-17(28-4)21(29-5)20(15)24/h6-9,14,16H,10-13H2,1-5H3. The number of carbonyl (C=O) groups excluding carboxylic acids is 1. The van der Waals surface area contributed by atoms with Gasteiger partial charge in [-0.25, -0.2) is 4.98 Å². The zero-order valence-electron chi connectivity index (χ0n) is 18.2. The first kappa shape index (κ1) is 22.6. The van der Waals surface area contributed by atoms with Gasteiger partial charge in [0.2, 0.25) is 5.91 Å². The van der Waals surface area contributed by atoms with Crippen molar-refractivity contribution >= 4 is 34.9 Å². The summed E-state index contributed by atoms with van der Waals surface area (Å²) in [6.45, 7) is 8.02. The van der Waals surface area contributed by atoms with Crippen molar-refractivity contribution in [3.05, 3.63) is 44.9 Å². The lowest BCUT2D eigenvalue weighted by Gasteiger charge is -2.30. The average Bonchev–Trinajstić information content (AvgIpc) is 3.23. The summed E-state index contributed by atoms with van der Waals surface area (Å²) in [5.74, 6) is 1.45. The molecule has 2 heterocycles. The van der Waals surface area contributed by atoms with Gasteiger partial charge < -0.3 is 14.4 Å². The van der Waals surface area contributed by atoms with Crippen molar-refractivity contribution in [3.8, 4) is 11.5 Å². The van der Waals surface area contributed by atoms with E-state index in [-0.39, 0.29) is 11.3 Å². The van der Waals surface area contributed by atoms with Crippen LogP contribution in [0.3, 0.4) is 0 Å². The van der Waals surface area contributed by atoms with Gasteiger partial charge in [-0.1, -0.05) is 32.4 Å². The van der Waals surface area contributed by atoms with Crippen LogP contribution < -0.4 is 9.47 Å². The molecule has 3 rings (SSSR count). The Hall–Kier alpha value is -2.05. The second-order valence-electron chi connectivity index (χ2n) is 8.46. The molecule has 0 N–H and O–H groups in total. The number of hydrogen-bond acceptors (Lipinski definition) is 5. The molecular weight excluding hydrogens is 420 g/mol. The first-order valence-corrected chi connectivity index (χ1v) is 11.3. The number of hydrogen-bond donors (Lipinski definition) is 0. The number of aromatic nitrogens is 1. The number of carbonyl (C=O) groups is 1. The van der Waals surface area contributed by atoms with E-state index in [0.29, 0.717) is 22.4 Å². The van der Waals surface area contributed by atoms with Crippen LogP contribution in [0.1, 0.15) is 55.8 Å². The predicted molar refractivity (Wildman–Crippen MR) is 123 cm³/mol.